The normalized spacial score (nSPS) is 11.0. The molecule has 0 spiro atoms. The zero-order valence-corrected chi connectivity index (χ0v) is 15.8. The summed E-state index contributed by atoms with van der Waals surface area (Å²) in [5, 5.41) is 4.50. The van der Waals surface area contributed by atoms with Gasteiger partial charge in [-0.15, -0.1) is 0 Å². The van der Waals surface area contributed by atoms with Crippen LogP contribution in [-0.2, 0) is 4.79 Å². The molecule has 0 saturated carbocycles. The number of nitrogens with one attached hydrogen (secondary N) is 1. The lowest BCUT2D eigenvalue weighted by molar-refractivity contribution is -0.123. The van der Waals surface area contributed by atoms with Crippen LogP contribution in [0.2, 0.25) is 5.02 Å². The number of carbonyl (C=O) groups is 1. The topological polar surface area (TPSA) is 50.7 Å². The third-order valence-corrected chi connectivity index (χ3v) is 4.21. The average molecular weight is 391 g/mol. The summed E-state index contributed by atoms with van der Waals surface area (Å²) in [4.78, 5) is 11.8. The van der Waals surface area contributed by atoms with Crippen molar-refractivity contribution < 1.29 is 9.53 Å². The Hall–Kier alpha value is -3.37. The van der Waals surface area contributed by atoms with Crippen LogP contribution in [0.5, 0.6) is 5.75 Å². The van der Waals surface area contributed by atoms with Crippen molar-refractivity contribution in [3.8, 4) is 16.9 Å². The first kappa shape index (κ1) is 19.4. The van der Waals surface area contributed by atoms with E-state index in [-0.39, 0.29) is 12.5 Å². The molecule has 1 amide bonds. The number of benzene rings is 3. The van der Waals surface area contributed by atoms with Gasteiger partial charge in [0, 0.05) is 11.2 Å². The number of nitrogens with zero attached hydrogens (tertiary/aromatic N) is 1. The molecule has 0 aliphatic carbocycles. The van der Waals surface area contributed by atoms with E-state index in [1.54, 1.807) is 6.08 Å². The molecule has 1 N–H and O–H groups in total. The van der Waals surface area contributed by atoms with Gasteiger partial charge in [-0.3, -0.25) is 4.79 Å². The Bertz CT molecular complexity index is 967. The maximum absolute atomic E-state index is 11.8. The Morgan fingerprint density at radius 1 is 0.929 bits per heavy atom. The van der Waals surface area contributed by atoms with Crippen molar-refractivity contribution in [1.82, 2.24) is 5.43 Å². The number of hydrogen-bond acceptors (Lipinski definition) is 3. The Morgan fingerprint density at radius 2 is 1.61 bits per heavy atom. The number of allylic oxidation sites excluding steroid dienone is 1. The van der Waals surface area contributed by atoms with Gasteiger partial charge in [-0.1, -0.05) is 78.3 Å². The van der Waals surface area contributed by atoms with E-state index in [0.717, 1.165) is 16.7 Å². The molecule has 4 nitrogen and oxygen atoms in total. The van der Waals surface area contributed by atoms with E-state index in [1.807, 2.05) is 84.9 Å². The molecule has 0 aliphatic rings. The summed E-state index contributed by atoms with van der Waals surface area (Å²) >= 11 is 6.05. The molecule has 3 aromatic carbocycles. The lowest BCUT2D eigenvalue weighted by atomic mass is 10.1. The Labute approximate surface area is 169 Å². The molecule has 0 heterocycles. The number of halogens is 1. The third kappa shape index (κ3) is 5.83. The summed E-state index contributed by atoms with van der Waals surface area (Å²) in [5.41, 5.74) is 5.51. The largest absolute Gasteiger partial charge is 0.484 e. The standard InChI is InChI=1S/C23H19ClN2O2/c24-22-11-5-4-9-20(22)10-6-16-25-26-23(27)17-28-21-14-12-19(13-15-21)18-7-2-1-3-8-18/h1-16H,17H2,(H,26,27)/b10-6-,25-16?. The zero-order valence-electron chi connectivity index (χ0n) is 15.1. The lowest BCUT2D eigenvalue weighted by Crippen LogP contribution is -2.24. The number of ether oxygens (including phenoxy) is 1. The molecule has 28 heavy (non-hydrogen) atoms. The molecule has 5 heteroatoms. The van der Waals surface area contributed by atoms with E-state index >= 15 is 0 Å². The second-order valence-corrected chi connectivity index (χ2v) is 6.28. The van der Waals surface area contributed by atoms with Crippen molar-refractivity contribution in [2.75, 3.05) is 6.61 Å². The molecule has 0 atom stereocenters. The van der Waals surface area contributed by atoms with Gasteiger partial charge in [0.05, 0.1) is 0 Å². The number of amides is 1. The summed E-state index contributed by atoms with van der Waals surface area (Å²) < 4.78 is 5.48. The first-order valence-electron chi connectivity index (χ1n) is 8.74. The van der Waals surface area contributed by atoms with Crippen LogP contribution in [0.1, 0.15) is 5.56 Å². The van der Waals surface area contributed by atoms with Crippen LogP contribution < -0.4 is 10.2 Å². The van der Waals surface area contributed by atoms with Crippen LogP contribution in [0.15, 0.2) is 90.0 Å². The number of hydrazone groups is 1. The van der Waals surface area contributed by atoms with E-state index in [9.17, 15) is 4.79 Å². The number of rotatable bonds is 7. The molecule has 0 bridgehead atoms. The zero-order chi connectivity index (χ0) is 19.6. The molecular weight excluding hydrogens is 372 g/mol. The fourth-order valence-corrected chi connectivity index (χ4v) is 2.66. The van der Waals surface area contributed by atoms with Gasteiger partial charge < -0.3 is 4.74 Å². The van der Waals surface area contributed by atoms with Crippen LogP contribution in [0, 0.1) is 0 Å². The molecular formula is C23H19ClN2O2. The summed E-state index contributed by atoms with van der Waals surface area (Å²) in [7, 11) is 0. The second kappa shape index (κ2) is 10.1. The van der Waals surface area contributed by atoms with Crippen molar-refractivity contribution in [2.45, 2.75) is 0 Å². The quantitative estimate of drug-likeness (QED) is 0.445. The van der Waals surface area contributed by atoms with Gasteiger partial charge in [0.2, 0.25) is 0 Å². The molecule has 0 aliphatic heterocycles. The molecule has 3 aromatic rings. The van der Waals surface area contributed by atoms with Crippen molar-refractivity contribution in [1.29, 1.82) is 0 Å². The van der Waals surface area contributed by atoms with Crippen LogP contribution in [0.4, 0.5) is 0 Å². The van der Waals surface area contributed by atoms with Gasteiger partial charge in [-0.2, -0.15) is 5.10 Å². The predicted octanol–water partition coefficient (Wildman–Crippen LogP) is 5.20. The number of carbonyl (C=O) groups excluding carboxylic acids is 1. The van der Waals surface area contributed by atoms with Crippen molar-refractivity contribution >= 4 is 29.8 Å². The molecule has 0 fully saturated rings. The van der Waals surface area contributed by atoms with E-state index in [1.165, 1.54) is 6.21 Å². The SMILES string of the molecule is O=C(COc1ccc(-c2ccccc2)cc1)NN=C/C=C\c1ccccc1Cl. The third-order valence-electron chi connectivity index (χ3n) is 3.86. The summed E-state index contributed by atoms with van der Waals surface area (Å²) in [5.74, 6) is 0.284. The van der Waals surface area contributed by atoms with Crippen molar-refractivity contribution in [3.63, 3.8) is 0 Å². The molecule has 3 rings (SSSR count). The van der Waals surface area contributed by atoms with Crippen LogP contribution >= 0.6 is 11.6 Å². The minimum absolute atomic E-state index is 0.115. The summed E-state index contributed by atoms with van der Waals surface area (Å²) in [6, 6.07) is 25.1. The van der Waals surface area contributed by atoms with E-state index in [2.05, 4.69) is 10.5 Å². The highest BCUT2D eigenvalue weighted by atomic mass is 35.5. The van der Waals surface area contributed by atoms with E-state index in [4.69, 9.17) is 16.3 Å². The van der Waals surface area contributed by atoms with E-state index < -0.39 is 0 Å². The first-order chi connectivity index (χ1) is 13.7. The minimum atomic E-state index is -0.338. The smallest absolute Gasteiger partial charge is 0.277 e. The fourth-order valence-electron chi connectivity index (χ4n) is 2.46. The second-order valence-electron chi connectivity index (χ2n) is 5.87. The van der Waals surface area contributed by atoms with Crippen molar-refractivity contribution in [3.05, 3.63) is 95.5 Å². The van der Waals surface area contributed by atoms with Gasteiger partial charge in [0.25, 0.3) is 5.91 Å². The predicted molar refractivity (Wildman–Crippen MR) is 114 cm³/mol. The summed E-state index contributed by atoms with van der Waals surface area (Å²) in [6.45, 7) is -0.115. The van der Waals surface area contributed by atoms with Gasteiger partial charge in [0.15, 0.2) is 6.61 Å². The Morgan fingerprint density at radius 3 is 2.36 bits per heavy atom. The fraction of sp³-hybridized carbons (Fsp3) is 0.0435. The van der Waals surface area contributed by atoms with Crippen LogP contribution in [0.25, 0.3) is 17.2 Å². The highest BCUT2D eigenvalue weighted by Crippen LogP contribution is 2.22. The highest BCUT2D eigenvalue weighted by Gasteiger charge is 2.02. The van der Waals surface area contributed by atoms with Gasteiger partial charge in [0.1, 0.15) is 5.75 Å². The Kier molecular flexibility index (Phi) is 6.99. The van der Waals surface area contributed by atoms with Crippen LogP contribution in [0.3, 0.4) is 0 Å². The summed E-state index contributed by atoms with van der Waals surface area (Å²) in [6.07, 6.45) is 4.99. The minimum Gasteiger partial charge on any atom is -0.484 e. The maximum atomic E-state index is 11.8. The van der Waals surface area contributed by atoms with E-state index in [0.29, 0.717) is 10.8 Å². The monoisotopic (exact) mass is 390 g/mol. The Balaban J connectivity index is 1.43. The molecule has 0 radical (unpaired) electrons. The molecule has 140 valence electrons. The molecule has 0 aromatic heterocycles. The first-order valence-corrected chi connectivity index (χ1v) is 9.11. The highest BCUT2D eigenvalue weighted by molar-refractivity contribution is 6.32. The van der Waals surface area contributed by atoms with Crippen molar-refractivity contribution in [2.24, 2.45) is 5.10 Å². The molecule has 0 unspecified atom stereocenters. The van der Waals surface area contributed by atoms with Crippen LogP contribution in [-0.4, -0.2) is 18.7 Å². The van der Waals surface area contributed by atoms with Gasteiger partial charge in [-0.25, -0.2) is 5.43 Å². The maximum Gasteiger partial charge on any atom is 0.277 e. The number of hydrogen-bond donors (Lipinski definition) is 1. The average Bonchev–Trinajstić information content (AvgIpc) is 2.74. The lowest BCUT2D eigenvalue weighted by Gasteiger charge is -2.06. The van der Waals surface area contributed by atoms with Gasteiger partial charge >= 0.3 is 0 Å². The molecule has 0 saturated heterocycles. The van der Waals surface area contributed by atoms with Gasteiger partial charge in [-0.05, 0) is 41.0 Å².